The molecule has 1 aliphatic rings. The molecule has 10 heavy (non-hydrogen) atoms. The van der Waals surface area contributed by atoms with Crippen LogP contribution in [0.1, 0.15) is 0 Å². The Morgan fingerprint density at radius 3 is 2.60 bits per heavy atom. The highest BCUT2D eigenvalue weighted by Gasteiger charge is 2.34. The van der Waals surface area contributed by atoms with E-state index in [2.05, 4.69) is 10.1 Å². The van der Waals surface area contributed by atoms with Crippen LogP contribution in [-0.2, 0) is 4.74 Å². The third-order valence-corrected chi connectivity index (χ3v) is 1.93. The zero-order valence-corrected chi connectivity index (χ0v) is 5.76. The first kappa shape index (κ1) is 8.16. The van der Waals surface area contributed by atoms with Crippen molar-refractivity contribution in [2.45, 2.75) is 11.9 Å². The molecule has 1 heterocycles. The molecule has 1 saturated heterocycles. The van der Waals surface area contributed by atoms with E-state index in [1.54, 1.807) is 0 Å². The Hall–Kier alpha value is 0.0600. The molecule has 0 aromatic rings. The van der Waals surface area contributed by atoms with Crippen LogP contribution in [0.3, 0.4) is 0 Å². The second kappa shape index (κ2) is 2.98. The van der Waals surface area contributed by atoms with E-state index in [-0.39, 0.29) is 0 Å². The van der Waals surface area contributed by atoms with Gasteiger partial charge in [-0.05, 0) is 0 Å². The fourth-order valence-electron chi connectivity index (χ4n) is 0.599. The molecule has 0 spiro atoms. The van der Waals surface area contributed by atoms with Crippen molar-refractivity contribution in [2.24, 2.45) is 0 Å². The summed E-state index contributed by atoms with van der Waals surface area (Å²) in [6, 6.07) is 0. The number of nitrogens with one attached hydrogen (secondary N) is 1. The quantitative estimate of drug-likeness (QED) is 0.642. The zero-order chi connectivity index (χ0) is 7.61. The summed E-state index contributed by atoms with van der Waals surface area (Å²) in [5, 5.41) is 2.53. The van der Waals surface area contributed by atoms with Crippen molar-refractivity contribution in [2.75, 3.05) is 12.3 Å². The van der Waals surface area contributed by atoms with Crippen LogP contribution in [0.5, 0.6) is 0 Å². The number of rotatable bonds is 1. The lowest BCUT2D eigenvalue weighted by Gasteiger charge is -2.12. The summed E-state index contributed by atoms with van der Waals surface area (Å²) < 4.78 is 37.9. The molecular formula is C4H6F3NOS. The van der Waals surface area contributed by atoms with E-state index in [0.717, 1.165) is 11.8 Å². The van der Waals surface area contributed by atoms with Crippen molar-refractivity contribution >= 4 is 11.8 Å². The Morgan fingerprint density at radius 1 is 1.50 bits per heavy atom. The average molecular weight is 173 g/mol. The lowest BCUT2D eigenvalue weighted by atomic mass is 10.8. The van der Waals surface area contributed by atoms with E-state index >= 15 is 0 Å². The maximum absolute atomic E-state index is 11.4. The molecular weight excluding hydrogens is 167 g/mol. The molecule has 0 saturated carbocycles. The van der Waals surface area contributed by atoms with E-state index in [1.165, 1.54) is 0 Å². The number of alkyl halides is 3. The van der Waals surface area contributed by atoms with Crippen LogP contribution in [0.4, 0.5) is 13.2 Å². The van der Waals surface area contributed by atoms with Gasteiger partial charge in [-0.1, -0.05) is 0 Å². The zero-order valence-electron chi connectivity index (χ0n) is 4.94. The van der Waals surface area contributed by atoms with Crippen molar-refractivity contribution in [3.8, 4) is 0 Å². The maximum atomic E-state index is 11.4. The van der Waals surface area contributed by atoms with Crippen molar-refractivity contribution in [1.82, 2.24) is 5.32 Å². The number of ether oxygens (including phenoxy) is 1. The first-order chi connectivity index (χ1) is 4.58. The normalized spacial score (nSPS) is 27.3. The Morgan fingerprint density at radius 2 is 2.20 bits per heavy atom. The van der Waals surface area contributed by atoms with Crippen LogP contribution in [0, 0.1) is 0 Å². The molecule has 0 aliphatic carbocycles. The van der Waals surface area contributed by atoms with Gasteiger partial charge in [0.25, 0.3) is 0 Å². The second-order valence-corrected chi connectivity index (χ2v) is 2.89. The first-order valence-corrected chi connectivity index (χ1v) is 3.72. The van der Waals surface area contributed by atoms with E-state index in [4.69, 9.17) is 0 Å². The van der Waals surface area contributed by atoms with Crippen LogP contribution in [0.2, 0.25) is 0 Å². The van der Waals surface area contributed by atoms with Gasteiger partial charge in [0.15, 0.2) is 5.56 Å². The highest BCUT2D eigenvalue weighted by molar-refractivity contribution is 7.99. The molecule has 1 fully saturated rings. The maximum Gasteiger partial charge on any atom is 0.524 e. The summed E-state index contributed by atoms with van der Waals surface area (Å²) in [5.41, 5.74) is -0.903. The Balaban J connectivity index is 2.24. The summed E-state index contributed by atoms with van der Waals surface area (Å²) in [4.78, 5) is 0. The summed E-state index contributed by atoms with van der Waals surface area (Å²) in [7, 11) is 0. The molecule has 1 aliphatic heterocycles. The monoisotopic (exact) mass is 173 g/mol. The van der Waals surface area contributed by atoms with Crippen LogP contribution < -0.4 is 5.32 Å². The standard InChI is InChI=1S/C4H6F3NOS/c5-4(6,7)9-3-8-1-2-10-3/h3,8H,1-2H2. The predicted molar refractivity (Wildman–Crippen MR) is 31.4 cm³/mol. The molecule has 60 valence electrons. The molecule has 1 rings (SSSR count). The highest BCUT2D eigenvalue weighted by atomic mass is 32.2. The number of hydrogen-bond acceptors (Lipinski definition) is 3. The molecule has 6 heteroatoms. The molecule has 0 bridgehead atoms. The largest absolute Gasteiger partial charge is 0.524 e. The summed E-state index contributed by atoms with van der Waals surface area (Å²) in [6.07, 6.45) is -4.52. The van der Waals surface area contributed by atoms with Gasteiger partial charge in [-0.15, -0.1) is 24.9 Å². The second-order valence-electron chi connectivity index (χ2n) is 1.72. The third-order valence-electron chi connectivity index (χ3n) is 0.923. The lowest BCUT2D eigenvalue weighted by molar-refractivity contribution is -0.332. The lowest BCUT2D eigenvalue weighted by Crippen LogP contribution is -2.29. The minimum Gasteiger partial charge on any atom is -0.282 e. The van der Waals surface area contributed by atoms with Crippen molar-refractivity contribution in [1.29, 1.82) is 0 Å². The first-order valence-electron chi connectivity index (χ1n) is 2.67. The fraction of sp³-hybridized carbons (Fsp3) is 1.00. The number of halogens is 3. The van der Waals surface area contributed by atoms with Gasteiger partial charge in [0.05, 0.1) is 0 Å². The predicted octanol–water partition coefficient (Wildman–Crippen LogP) is 1.14. The van der Waals surface area contributed by atoms with E-state index in [1.807, 2.05) is 0 Å². The highest BCUT2D eigenvalue weighted by Crippen LogP contribution is 2.24. The smallest absolute Gasteiger partial charge is 0.282 e. The summed E-state index contributed by atoms with van der Waals surface area (Å²) in [6.45, 7) is 0.575. The molecule has 0 radical (unpaired) electrons. The SMILES string of the molecule is FC(F)(F)OC1NCCS1. The number of thioether (sulfide) groups is 1. The van der Waals surface area contributed by atoms with E-state index < -0.39 is 11.9 Å². The van der Waals surface area contributed by atoms with Crippen molar-refractivity contribution in [3.05, 3.63) is 0 Å². The minimum atomic E-state index is -4.52. The van der Waals surface area contributed by atoms with Gasteiger partial charge in [0.1, 0.15) is 0 Å². The third kappa shape index (κ3) is 2.76. The fourth-order valence-corrected chi connectivity index (χ4v) is 1.46. The van der Waals surface area contributed by atoms with Crippen molar-refractivity contribution < 1.29 is 17.9 Å². The molecule has 1 atom stereocenters. The van der Waals surface area contributed by atoms with Gasteiger partial charge in [-0.2, -0.15) is 0 Å². The molecule has 2 nitrogen and oxygen atoms in total. The Kier molecular flexibility index (Phi) is 2.43. The molecule has 0 aromatic carbocycles. The van der Waals surface area contributed by atoms with Gasteiger partial charge in [-0.25, -0.2) is 0 Å². The van der Waals surface area contributed by atoms with E-state index in [9.17, 15) is 13.2 Å². The average Bonchev–Trinajstić information content (AvgIpc) is 2.12. The molecule has 0 aromatic heterocycles. The van der Waals surface area contributed by atoms with Crippen LogP contribution >= 0.6 is 11.8 Å². The molecule has 1 N–H and O–H groups in total. The van der Waals surface area contributed by atoms with Gasteiger partial charge in [0, 0.05) is 12.3 Å². The van der Waals surface area contributed by atoms with Crippen molar-refractivity contribution in [3.63, 3.8) is 0 Å². The molecule has 1 unspecified atom stereocenters. The Labute approximate surface area is 60.1 Å². The van der Waals surface area contributed by atoms with Crippen LogP contribution in [0.15, 0.2) is 0 Å². The summed E-state index contributed by atoms with van der Waals surface area (Å²) >= 11 is 1.12. The summed E-state index contributed by atoms with van der Waals surface area (Å²) in [5.74, 6) is 0.667. The van der Waals surface area contributed by atoms with Gasteiger partial charge < -0.3 is 0 Å². The van der Waals surface area contributed by atoms with Gasteiger partial charge >= 0.3 is 6.36 Å². The van der Waals surface area contributed by atoms with E-state index in [0.29, 0.717) is 12.3 Å². The topological polar surface area (TPSA) is 21.3 Å². The van der Waals surface area contributed by atoms with Gasteiger partial charge in [0.2, 0.25) is 0 Å². The van der Waals surface area contributed by atoms with Crippen LogP contribution in [0.25, 0.3) is 0 Å². The Bertz CT molecular complexity index is 112. The minimum absolute atomic E-state index is 0.575. The molecule has 0 amide bonds. The van der Waals surface area contributed by atoms with Crippen LogP contribution in [-0.4, -0.2) is 24.2 Å². The number of hydrogen-bond donors (Lipinski definition) is 1. The van der Waals surface area contributed by atoms with Gasteiger partial charge in [-0.3, -0.25) is 10.1 Å².